The summed E-state index contributed by atoms with van der Waals surface area (Å²) in [6, 6.07) is 2.27. The van der Waals surface area contributed by atoms with Crippen molar-refractivity contribution in [3.8, 4) is 0 Å². The highest BCUT2D eigenvalue weighted by Crippen LogP contribution is 2.56. The number of rotatable bonds is 6. The third-order valence-corrected chi connectivity index (χ3v) is 6.97. The van der Waals surface area contributed by atoms with E-state index in [4.69, 9.17) is 4.74 Å². The zero-order valence-corrected chi connectivity index (χ0v) is 16.2. The zero-order chi connectivity index (χ0) is 19.3. The van der Waals surface area contributed by atoms with Crippen molar-refractivity contribution in [1.82, 2.24) is 15.3 Å². The third kappa shape index (κ3) is 2.97. The Morgan fingerprint density at radius 1 is 1.36 bits per heavy atom. The molecule has 4 N–H and O–H groups in total. The smallest absolute Gasteiger partial charge is 0.255 e. The van der Waals surface area contributed by atoms with Crippen LogP contribution in [-0.4, -0.2) is 52.9 Å². The molecule has 4 aliphatic carbocycles. The number of aromatic nitrogens is 2. The fourth-order valence-corrected chi connectivity index (χ4v) is 6.08. The van der Waals surface area contributed by atoms with E-state index in [2.05, 4.69) is 20.6 Å². The minimum atomic E-state index is -0.462. The van der Waals surface area contributed by atoms with Gasteiger partial charge in [0, 0.05) is 37.5 Å². The molecule has 2 heterocycles. The molecule has 0 radical (unpaired) electrons. The summed E-state index contributed by atoms with van der Waals surface area (Å²) >= 11 is 0. The predicted octanol–water partition coefficient (Wildman–Crippen LogP) is 2.29. The number of fused-ring (bicyclic) bond motifs is 1. The molecule has 2 aromatic heterocycles. The van der Waals surface area contributed by atoms with E-state index < -0.39 is 5.60 Å². The summed E-state index contributed by atoms with van der Waals surface area (Å²) in [5.41, 5.74) is 1.73. The van der Waals surface area contributed by atoms with Crippen molar-refractivity contribution in [2.75, 3.05) is 25.6 Å². The van der Waals surface area contributed by atoms with Gasteiger partial charge in [0.15, 0.2) is 0 Å². The number of carbonyl (C=O) groups is 1. The number of hydrogen-bond donors (Lipinski definition) is 4. The normalized spacial score (nSPS) is 33.4. The lowest BCUT2D eigenvalue weighted by atomic mass is 9.52. The van der Waals surface area contributed by atoms with E-state index >= 15 is 0 Å². The van der Waals surface area contributed by atoms with Crippen molar-refractivity contribution < 1.29 is 14.6 Å². The van der Waals surface area contributed by atoms with E-state index in [9.17, 15) is 9.90 Å². The number of pyridine rings is 1. The molecular formula is C21H28N4O3. The molecule has 0 aliphatic heterocycles. The second-order valence-corrected chi connectivity index (χ2v) is 8.90. The van der Waals surface area contributed by atoms with Gasteiger partial charge in [0.2, 0.25) is 0 Å². The van der Waals surface area contributed by atoms with Gasteiger partial charge in [-0.15, -0.1) is 0 Å². The SMILES string of the molecule is COCCNC(=O)c1cnc2[nH]ccc2c1N[C@H]1C2CC3CC1C[C@@](O)(C3)C2. The van der Waals surface area contributed by atoms with Crippen LogP contribution in [0.4, 0.5) is 5.69 Å². The van der Waals surface area contributed by atoms with Crippen LogP contribution in [0.2, 0.25) is 0 Å². The van der Waals surface area contributed by atoms with Gasteiger partial charge in [0.25, 0.3) is 5.91 Å². The fraction of sp³-hybridized carbons (Fsp3) is 0.619. The summed E-state index contributed by atoms with van der Waals surface area (Å²) in [7, 11) is 1.62. The van der Waals surface area contributed by atoms with Crippen LogP contribution >= 0.6 is 0 Å². The van der Waals surface area contributed by atoms with Crippen molar-refractivity contribution in [2.45, 2.75) is 43.7 Å². The predicted molar refractivity (Wildman–Crippen MR) is 106 cm³/mol. The minimum Gasteiger partial charge on any atom is -0.390 e. The van der Waals surface area contributed by atoms with Gasteiger partial charge in [0.05, 0.1) is 23.5 Å². The van der Waals surface area contributed by atoms with E-state index in [1.165, 1.54) is 12.8 Å². The lowest BCUT2D eigenvalue weighted by Crippen LogP contribution is -2.59. The Hall–Kier alpha value is -2.12. The van der Waals surface area contributed by atoms with Crippen molar-refractivity contribution in [2.24, 2.45) is 17.8 Å². The second kappa shape index (κ2) is 6.74. The maximum Gasteiger partial charge on any atom is 0.255 e. The zero-order valence-electron chi connectivity index (χ0n) is 16.2. The van der Waals surface area contributed by atoms with Gasteiger partial charge in [-0.25, -0.2) is 4.98 Å². The van der Waals surface area contributed by atoms with Crippen LogP contribution in [0.1, 0.15) is 42.5 Å². The Morgan fingerprint density at radius 2 is 2.14 bits per heavy atom. The summed E-state index contributed by atoms with van der Waals surface area (Å²) in [6.07, 6.45) is 8.56. The number of anilines is 1. The molecule has 1 amide bonds. The number of hydrogen-bond acceptors (Lipinski definition) is 5. The van der Waals surface area contributed by atoms with Gasteiger partial charge in [-0.2, -0.15) is 0 Å². The Kier molecular flexibility index (Phi) is 4.32. The molecule has 2 unspecified atom stereocenters. The van der Waals surface area contributed by atoms with Crippen LogP contribution in [0, 0.1) is 17.8 Å². The molecular weight excluding hydrogens is 356 g/mol. The Bertz CT molecular complexity index is 879. The highest BCUT2D eigenvalue weighted by molar-refractivity contribution is 6.06. The molecule has 2 atom stereocenters. The number of H-pyrrole nitrogens is 1. The Morgan fingerprint density at radius 3 is 2.86 bits per heavy atom. The average molecular weight is 384 g/mol. The molecule has 7 nitrogen and oxygen atoms in total. The van der Waals surface area contributed by atoms with Gasteiger partial charge in [-0.3, -0.25) is 4.79 Å². The molecule has 6 rings (SSSR count). The first-order valence-corrected chi connectivity index (χ1v) is 10.3. The van der Waals surface area contributed by atoms with Crippen molar-refractivity contribution in [3.63, 3.8) is 0 Å². The van der Waals surface area contributed by atoms with Gasteiger partial charge >= 0.3 is 0 Å². The van der Waals surface area contributed by atoms with E-state index in [1.54, 1.807) is 13.3 Å². The number of aromatic amines is 1. The molecule has 0 saturated heterocycles. The Labute approximate surface area is 164 Å². The molecule has 4 aliphatic rings. The standard InChI is InChI=1S/C21H28N4O3/c1-28-5-4-23-20(26)16-11-24-19-15(2-3-22-19)18(16)25-17-13-6-12-7-14(17)10-21(27,8-12)9-13/h2-3,11-14,17,27H,4-10H2,1H3,(H,23,26)(H2,22,24,25)/t12?,13?,14?,17-,21+. The van der Waals surface area contributed by atoms with Crippen LogP contribution in [-0.2, 0) is 4.74 Å². The summed E-state index contributed by atoms with van der Waals surface area (Å²) in [5, 5.41) is 18.5. The number of ether oxygens (including phenoxy) is 1. The first-order valence-electron chi connectivity index (χ1n) is 10.3. The molecule has 28 heavy (non-hydrogen) atoms. The van der Waals surface area contributed by atoms with Gasteiger partial charge < -0.3 is 25.5 Å². The lowest BCUT2D eigenvalue weighted by Gasteiger charge is -2.58. The lowest BCUT2D eigenvalue weighted by molar-refractivity contribution is -0.129. The van der Waals surface area contributed by atoms with E-state index in [0.717, 1.165) is 36.0 Å². The number of carbonyl (C=O) groups excluding carboxylic acids is 1. The number of amides is 1. The van der Waals surface area contributed by atoms with E-state index in [-0.39, 0.29) is 5.91 Å². The summed E-state index contributed by atoms with van der Waals surface area (Å²) < 4.78 is 5.04. The molecule has 4 fully saturated rings. The van der Waals surface area contributed by atoms with Crippen LogP contribution in [0.3, 0.4) is 0 Å². The molecule has 4 saturated carbocycles. The number of aliphatic hydroxyl groups is 1. The topological polar surface area (TPSA) is 99.3 Å². The number of methoxy groups -OCH3 is 1. The van der Waals surface area contributed by atoms with Crippen molar-refractivity contribution in [1.29, 1.82) is 0 Å². The number of nitrogens with one attached hydrogen (secondary N) is 3. The Balaban J connectivity index is 1.46. The van der Waals surface area contributed by atoms with Crippen LogP contribution in [0.25, 0.3) is 11.0 Å². The van der Waals surface area contributed by atoms with Gasteiger partial charge in [-0.05, 0) is 55.9 Å². The van der Waals surface area contributed by atoms with Gasteiger partial charge in [-0.1, -0.05) is 0 Å². The van der Waals surface area contributed by atoms with Crippen molar-refractivity contribution in [3.05, 3.63) is 24.0 Å². The highest BCUT2D eigenvalue weighted by Gasteiger charge is 2.54. The third-order valence-electron chi connectivity index (χ3n) is 6.97. The molecule has 2 aromatic rings. The molecule has 150 valence electrons. The second-order valence-electron chi connectivity index (χ2n) is 8.90. The molecule has 0 aromatic carbocycles. The monoisotopic (exact) mass is 384 g/mol. The molecule has 4 bridgehead atoms. The van der Waals surface area contributed by atoms with Gasteiger partial charge in [0.1, 0.15) is 5.65 Å². The summed E-state index contributed by atoms with van der Waals surface area (Å²) in [5.74, 6) is 1.44. The van der Waals surface area contributed by atoms with E-state index in [0.29, 0.717) is 42.5 Å². The van der Waals surface area contributed by atoms with Crippen LogP contribution in [0.5, 0.6) is 0 Å². The largest absolute Gasteiger partial charge is 0.390 e. The van der Waals surface area contributed by atoms with E-state index in [1.807, 2.05) is 12.3 Å². The fourth-order valence-electron chi connectivity index (χ4n) is 6.08. The maximum absolute atomic E-state index is 12.8. The van der Waals surface area contributed by atoms with Crippen LogP contribution in [0.15, 0.2) is 18.5 Å². The minimum absolute atomic E-state index is 0.141. The quantitative estimate of drug-likeness (QED) is 0.573. The number of nitrogens with zero attached hydrogens (tertiary/aromatic N) is 1. The maximum atomic E-state index is 12.8. The average Bonchev–Trinajstić information content (AvgIpc) is 3.12. The first kappa shape index (κ1) is 17.9. The molecule has 0 spiro atoms. The molecule has 7 heteroatoms. The first-order chi connectivity index (χ1) is 13.6. The summed E-state index contributed by atoms with van der Waals surface area (Å²) in [4.78, 5) is 20.4. The summed E-state index contributed by atoms with van der Waals surface area (Å²) in [6.45, 7) is 0.935. The van der Waals surface area contributed by atoms with Crippen molar-refractivity contribution >= 4 is 22.6 Å². The highest BCUT2D eigenvalue weighted by atomic mass is 16.5. The van der Waals surface area contributed by atoms with Crippen LogP contribution < -0.4 is 10.6 Å².